The van der Waals surface area contributed by atoms with Crippen molar-refractivity contribution in [3.05, 3.63) is 28.3 Å². The van der Waals surface area contributed by atoms with Crippen molar-refractivity contribution in [1.29, 1.82) is 0 Å². The van der Waals surface area contributed by atoms with E-state index in [1.165, 1.54) is 26.4 Å². The highest BCUT2D eigenvalue weighted by Gasteiger charge is 2.18. The van der Waals surface area contributed by atoms with E-state index < -0.39 is 4.92 Å². The molecule has 0 N–H and O–H groups in total. The molecule has 0 saturated heterocycles. The van der Waals surface area contributed by atoms with Gasteiger partial charge in [0.1, 0.15) is 5.75 Å². The van der Waals surface area contributed by atoms with E-state index in [2.05, 4.69) is 4.74 Å². The van der Waals surface area contributed by atoms with E-state index in [1.54, 1.807) is 24.9 Å². The molecule has 1 aromatic carbocycles. The second kappa shape index (κ2) is 6.74. The summed E-state index contributed by atoms with van der Waals surface area (Å²) in [6, 6.07) is 4.46. The van der Waals surface area contributed by atoms with E-state index in [0.717, 1.165) is 0 Å². The number of anilines is 1. The maximum Gasteiger partial charge on any atom is 0.310 e. The number of nitro groups is 1. The molecule has 0 aliphatic heterocycles. The molecule has 0 radical (unpaired) electrons. The highest BCUT2D eigenvalue weighted by Crippen LogP contribution is 2.28. The van der Waals surface area contributed by atoms with E-state index in [-0.39, 0.29) is 17.6 Å². The van der Waals surface area contributed by atoms with Crippen molar-refractivity contribution < 1.29 is 19.2 Å². The number of hydrogen-bond acceptors (Lipinski definition) is 6. The number of methoxy groups -OCH3 is 2. The summed E-state index contributed by atoms with van der Waals surface area (Å²) in [6.07, 6.45) is 0. The van der Waals surface area contributed by atoms with E-state index in [0.29, 0.717) is 18.0 Å². The minimum Gasteiger partial charge on any atom is -0.496 e. The third-order valence-electron chi connectivity index (χ3n) is 2.91. The first-order valence-corrected chi connectivity index (χ1v) is 6.01. The lowest BCUT2D eigenvalue weighted by Gasteiger charge is -2.22. The fourth-order valence-electron chi connectivity index (χ4n) is 1.80. The lowest BCUT2D eigenvalue weighted by atomic mass is 10.1. The fraction of sp³-hybridized carbons (Fsp3) is 0.462. The van der Waals surface area contributed by atoms with Gasteiger partial charge in [-0.05, 0) is 0 Å². The van der Waals surface area contributed by atoms with Crippen molar-refractivity contribution in [3.63, 3.8) is 0 Å². The van der Waals surface area contributed by atoms with Gasteiger partial charge in [-0.3, -0.25) is 14.9 Å². The van der Waals surface area contributed by atoms with Gasteiger partial charge in [-0.1, -0.05) is 6.92 Å². The average Bonchev–Trinajstić information content (AvgIpc) is 2.45. The Kier molecular flexibility index (Phi) is 5.31. The van der Waals surface area contributed by atoms with Gasteiger partial charge in [0.2, 0.25) is 0 Å². The molecule has 7 nitrogen and oxygen atoms in total. The van der Waals surface area contributed by atoms with Gasteiger partial charge < -0.3 is 14.4 Å². The summed E-state index contributed by atoms with van der Waals surface area (Å²) in [4.78, 5) is 23.5. The normalized spacial score (nSPS) is 11.6. The predicted octanol–water partition coefficient (Wildman–Crippen LogP) is 1.85. The van der Waals surface area contributed by atoms with Gasteiger partial charge in [-0.2, -0.15) is 0 Å². The largest absolute Gasteiger partial charge is 0.496 e. The SMILES string of the molecule is COC(=O)C(C)CN(C)c1cc(OC)cc([N+](=O)[O-])c1. The van der Waals surface area contributed by atoms with Gasteiger partial charge in [0.15, 0.2) is 0 Å². The molecule has 0 fully saturated rings. The van der Waals surface area contributed by atoms with E-state index in [1.807, 2.05) is 0 Å². The second-order valence-electron chi connectivity index (χ2n) is 4.45. The highest BCUT2D eigenvalue weighted by molar-refractivity contribution is 5.73. The molecule has 0 bridgehead atoms. The van der Waals surface area contributed by atoms with Crippen molar-refractivity contribution >= 4 is 17.3 Å². The lowest BCUT2D eigenvalue weighted by molar-refractivity contribution is -0.384. The van der Waals surface area contributed by atoms with Crippen LogP contribution in [0.15, 0.2) is 18.2 Å². The van der Waals surface area contributed by atoms with Crippen molar-refractivity contribution in [2.24, 2.45) is 5.92 Å². The summed E-state index contributed by atoms with van der Waals surface area (Å²) in [7, 11) is 4.52. The summed E-state index contributed by atoms with van der Waals surface area (Å²) in [5.74, 6) is -0.267. The van der Waals surface area contributed by atoms with E-state index in [4.69, 9.17) is 4.74 Å². The second-order valence-corrected chi connectivity index (χ2v) is 4.45. The molecule has 1 unspecified atom stereocenters. The Morgan fingerprint density at radius 1 is 1.40 bits per heavy atom. The molecule has 0 amide bonds. The molecule has 0 heterocycles. The van der Waals surface area contributed by atoms with Crippen LogP contribution in [0.4, 0.5) is 11.4 Å². The number of nitrogens with zero attached hydrogens (tertiary/aromatic N) is 2. The molecular weight excluding hydrogens is 264 g/mol. The topological polar surface area (TPSA) is 81.9 Å². The van der Waals surface area contributed by atoms with Crippen molar-refractivity contribution in [2.75, 3.05) is 32.7 Å². The van der Waals surface area contributed by atoms with Crippen LogP contribution in [-0.2, 0) is 9.53 Å². The zero-order valence-electron chi connectivity index (χ0n) is 12.0. The molecule has 1 rings (SSSR count). The number of ether oxygens (including phenoxy) is 2. The molecule has 0 aromatic heterocycles. The maximum atomic E-state index is 11.4. The van der Waals surface area contributed by atoms with Gasteiger partial charge in [0.05, 0.1) is 31.1 Å². The van der Waals surface area contributed by atoms with Crippen LogP contribution in [-0.4, -0.2) is 38.7 Å². The van der Waals surface area contributed by atoms with Crippen LogP contribution in [0.2, 0.25) is 0 Å². The van der Waals surface area contributed by atoms with Crippen LogP contribution < -0.4 is 9.64 Å². The molecule has 0 aliphatic carbocycles. The Morgan fingerprint density at radius 2 is 2.05 bits per heavy atom. The van der Waals surface area contributed by atoms with E-state index in [9.17, 15) is 14.9 Å². The van der Waals surface area contributed by atoms with Crippen molar-refractivity contribution in [1.82, 2.24) is 0 Å². The van der Waals surface area contributed by atoms with Crippen LogP contribution in [0.25, 0.3) is 0 Å². The third kappa shape index (κ3) is 3.84. The van der Waals surface area contributed by atoms with Gasteiger partial charge in [0.25, 0.3) is 5.69 Å². The molecule has 0 saturated carbocycles. The van der Waals surface area contributed by atoms with Crippen LogP contribution in [0.5, 0.6) is 5.75 Å². The smallest absolute Gasteiger partial charge is 0.310 e. The quantitative estimate of drug-likeness (QED) is 0.450. The Balaban J connectivity index is 2.97. The van der Waals surface area contributed by atoms with Crippen LogP contribution in [0.1, 0.15) is 6.92 Å². The molecule has 20 heavy (non-hydrogen) atoms. The first-order chi connectivity index (χ1) is 9.38. The number of rotatable bonds is 6. The molecule has 0 spiro atoms. The zero-order valence-corrected chi connectivity index (χ0v) is 12.0. The number of carbonyl (C=O) groups excluding carboxylic acids is 1. The first-order valence-electron chi connectivity index (χ1n) is 6.01. The Hall–Kier alpha value is -2.31. The number of esters is 1. The average molecular weight is 282 g/mol. The minimum atomic E-state index is -0.483. The minimum absolute atomic E-state index is 0.0584. The monoisotopic (exact) mass is 282 g/mol. The van der Waals surface area contributed by atoms with Crippen LogP contribution in [0.3, 0.4) is 0 Å². The summed E-state index contributed by atoms with van der Waals surface area (Å²) in [5.41, 5.74) is 0.545. The number of non-ortho nitro benzene ring substituents is 1. The van der Waals surface area contributed by atoms with Crippen molar-refractivity contribution in [3.8, 4) is 5.75 Å². The lowest BCUT2D eigenvalue weighted by Crippen LogP contribution is -2.29. The van der Waals surface area contributed by atoms with E-state index >= 15 is 0 Å². The highest BCUT2D eigenvalue weighted by atomic mass is 16.6. The van der Waals surface area contributed by atoms with Gasteiger partial charge >= 0.3 is 5.97 Å². The summed E-state index contributed by atoms with van der Waals surface area (Å²) in [6.45, 7) is 2.12. The molecule has 7 heteroatoms. The number of benzene rings is 1. The van der Waals surface area contributed by atoms with Gasteiger partial charge in [0, 0.05) is 31.4 Å². The molecule has 110 valence electrons. The third-order valence-corrected chi connectivity index (χ3v) is 2.91. The summed E-state index contributed by atoms with van der Waals surface area (Å²) < 4.78 is 9.70. The molecular formula is C13H18N2O5. The summed E-state index contributed by atoms with van der Waals surface area (Å²) in [5, 5.41) is 10.9. The van der Waals surface area contributed by atoms with Gasteiger partial charge in [-0.25, -0.2) is 0 Å². The standard InChI is InChI=1S/C13H18N2O5/c1-9(13(16)20-4)8-14(2)10-5-11(15(17)18)7-12(6-10)19-3/h5-7,9H,8H2,1-4H3. The summed E-state index contributed by atoms with van der Waals surface area (Å²) >= 11 is 0. The zero-order chi connectivity index (χ0) is 15.3. The van der Waals surface area contributed by atoms with Crippen LogP contribution >= 0.6 is 0 Å². The molecule has 1 atom stereocenters. The Bertz CT molecular complexity index is 504. The van der Waals surface area contributed by atoms with Gasteiger partial charge in [-0.15, -0.1) is 0 Å². The number of hydrogen-bond donors (Lipinski definition) is 0. The van der Waals surface area contributed by atoms with Crippen molar-refractivity contribution in [2.45, 2.75) is 6.92 Å². The maximum absolute atomic E-state index is 11.4. The predicted molar refractivity (Wildman–Crippen MR) is 74.1 cm³/mol. The first kappa shape index (κ1) is 15.7. The Labute approximate surface area is 117 Å². The van der Waals surface area contributed by atoms with Crippen LogP contribution in [0, 0.1) is 16.0 Å². The Morgan fingerprint density at radius 3 is 2.55 bits per heavy atom. The molecule has 1 aromatic rings. The molecule has 0 aliphatic rings. The number of carbonyl (C=O) groups is 1. The fourth-order valence-corrected chi connectivity index (χ4v) is 1.80. The number of nitro benzene ring substituents is 1.